The molecule has 0 rings (SSSR count). The van der Waals surface area contributed by atoms with E-state index in [4.69, 9.17) is 30.3 Å². The van der Waals surface area contributed by atoms with Gasteiger partial charge in [0, 0.05) is 38.8 Å². The Morgan fingerprint density at radius 1 is 0.547 bits per heavy atom. The minimum atomic E-state index is -2.82. The Morgan fingerprint density at radius 3 is 1.22 bits per heavy atom. The fourth-order valence-electron chi connectivity index (χ4n) is 7.25. The van der Waals surface area contributed by atoms with Crippen LogP contribution in [0.3, 0.4) is 0 Å². The molecule has 0 aliphatic heterocycles. The molecule has 0 bridgehead atoms. The van der Waals surface area contributed by atoms with E-state index in [0.29, 0.717) is 12.3 Å². The van der Waals surface area contributed by atoms with Crippen molar-refractivity contribution in [2.24, 2.45) is 17.3 Å². The van der Waals surface area contributed by atoms with Crippen LogP contribution in [-0.4, -0.2) is 167 Å². The number of carbonyl (C=O) groups excluding carboxylic acids is 5. The molecular weight excluding hydrogens is 860 g/mol. The molecule has 24 heteroatoms. The first-order valence-electron chi connectivity index (χ1n) is 20.0. The van der Waals surface area contributed by atoms with Gasteiger partial charge in [-0.25, -0.2) is 28.8 Å². The standard InChI is InChI=1S/C33H45NO20.C7H15NO2/c1-18(2)16-33(30(52)53,31(23(39)28(48)49,12-4-8-19(35)24(40)41)13-5-9-20(36)25(42)43)34(3)17-32(29(50)51,14-6-10-21(37)26(44)45)54-15-7-11-22(38)27(46)47;1-5(2)4-6(8-3)7(9)10/h18H,4-17H2,1-3H3,(H,40,41)(H,42,43)(H,44,45)(H,46,47)(H,48,49)(H,50,51)(H,52,53);5-6,8H,4H2,1-3H3,(H,9,10)/t32-,33-;6-/m10/s1. The molecular formula is C40H60N2O22. The quantitative estimate of drug-likeness (QED) is 0.0315. The van der Waals surface area contributed by atoms with Crippen molar-refractivity contribution in [2.75, 3.05) is 27.2 Å². The molecule has 0 unspecified atom stereocenters. The van der Waals surface area contributed by atoms with Crippen LogP contribution < -0.4 is 5.32 Å². The summed E-state index contributed by atoms with van der Waals surface area (Å²) in [4.78, 5) is 157. The Hall–Kier alpha value is -6.01. The molecule has 0 spiro atoms. The highest BCUT2D eigenvalue weighted by Crippen LogP contribution is 2.50. The van der Waals surface area contributed by atoms with Gasteiger partial charge in [-0.15, -0.1) is 0 Å². The average Bonchev–Trinajstić information content (AvgIpc) is 3.18. The lowest BCUT2D eigenvalue weighted by Gasteiger charge is -2.53. The van der Waals surface area contributed by atoms with E-state index in [-0.39, 0.29) is 6.04 Å². The third-order valence-corrected chi connectivity index (χ3v) is 10.2. The van der Waals surface area contributed by atoms with E-state index in [2.05, 4.69) is 5.32 Å². The molecule has 0 amide bonds. The van der Waals surface area contributed by atoms with Crippen molar-refractivity contribution in [3.05, 3.63) is 0 Å². The van der Waals surface area contributed by atoms with E-state index in [1.165, 1.54) is 13.8 Å². The van der Waals surface area contributed by atoms with Crippen molar-refractivity contribution >= 4 is 76.7 Å². The highest BCUT2D eigenvalue weighted by molar-refractivity contribution is 6.36. The van der Waals surface area contributed by atoms with Crippen LogP contribution in [0, 0.1) is 17.3 Å². The number of carboxylic acids is 8. The molecule has 0 aromatic carbocycles. The number of carbonyl (C=O) groups is 13. The SMILES string of the molecule is CC(C)C[C@](C(=O)O)(N(C)C[C@@](CCCC(=O)C(=O)O)(OCCCC(=O)C(=O)O)C(=O)O)C(CCCC(=O)C(=O)O)(CCCC(=O)C(=O)O)C(=O)C(=O)O.CN[C@@H](CC(C)C)C(=O)O. The normalized spacial score (nSPS) is 13.6. The second kappa shape index (κ2) is 27.9. The van der Waals surface area contributed by atoms with Gasteiger partial charge in [0.2, 0.25) is 28.9 Å². The van der Waals surface area contributed by atoms with E-state index in [9.17, 15) is 77.6 Å². The molecule has 0 saturated carbocycles. The monoisotopic (exact) mass is 920 g/mol. The maximum atomic E-state index is 13.9. The van der Waals surface area contributed by atoms with Crippen molar-refractivity contribution in [1.82, 2.24) is 10.2 Å². The summed E-state index contributed by atoms with van der Waals surface area (Å²) in [6.07, 6.45) is -7.71. The van der Waals surface area contributed by atoms with Crippen LogP contribution in [0.15, 0.2) is 0 Å². The first kappa shape index (κ1) is 60.1. The predicted octanol–water partition coefficient (Wildman–Crippen LogP) is 0.879. The minimum absolute atomic E-state index is 0.389. The largest absolute Gasteiger partial charge is 0.480 e. The Balaban J connectivity index is 0. The van der Waals surface area contributed by atoms with Crippen molar-refractivity contribution < 1.29 is 108 Å². The number of Topliss-reactive ketones (excluding diaryl/α,β-unsaturated/α-hetero) is 5. The van der Waals surface area contributed by atoms with Gasteiger partial charge in [-0.3, -0.25) is 38.5 Å². The van der Waals surface area contributed by atoms with Gasteiger partial charge in [-0.05, 0) is 83.7 Å². The maximum absolute atomic E-state index is 13.9. The lowest BCUT2D eigenvalue weighted by Crippen LogP contribution is -2.70. The number of hydrogen-bond acceptors (Lipinski definition) is 16. The molecule has 0 radical (unpaired) electrons. The predicted molar refractivity (Wildman–Crippen MR) is 215 cm³/mol. The van der Waals surface area contributed by atoms with Gasteiger partial charge in [0.25, 0.3) is 0 Å². The molecule has 0 aromatic rings. The first-order chi connectivity index (χ1) is 29.4. The summed E-state index contributed by atoms with van der Waals surface area (Å²) < 4.78 is 5.65. The number of aliphatic carboxylic acids is 8. The molecule has 3 atom stereocenters. The second-order valence-corrected chi connectivity index (χ2v) is 15.9. The van der Waals surface area contributed by atoms with E-state index >= 15 is 0 Å². The topological polar surface area (TPSA) is 408 Å². The van der Waals surface area contributed by atoms with Crippen LogP contribution in [0.2, 0.25) is 0 Å². The first-order valence-corrected chi connectivity index (χ1v) is 20.0. The zero-order chi connectivity index (χ0) is 50.3. The van der Waals surface area contributed by atoms with E-state index in [1.54, 1.807) is 7.05 Å². The van der Waals surface area contributed by atoms with Crippen LogP contribution in [0.25, 0.3) is 0 Å². The molecule has 0 aliphatic carbocycles. The lowest BCUT2D eigenvalue weighted by atomic mass is 9.57. The third kappa shape index (κ3) is 18.4. The number of rotatable bonds is 35. The minimum Gasteiger partial charge on any atom is -0.480 e. The molecule has 0 fully saturated rings. The van der Waals surface area contributed by atoms with Crippen LogP contribution in [0.1, 0.15) is 111 Å². The number of ketones is 5. The average molecular weight is 921 g/mol. The summed E-state index contributed by atoms with van der Waals surface area (Å²) in [6, 6.07) is -0.389. The number of nitrogens with zero attached hydrogens (tertiary/aromatic N) is 1. The smallest absolute Gasteiger partial charge is 0.372 e. The van der Waals surface area contributed by atoms with Gasteiger partial charge < -0.3 is 50.9 Å². The Bertz CT molecular complexity index is 1720. The van der Waals surface area contributed by atoms with Gasteiger partial charge >= 0.3 is 47.8 Å². The Kier molecular flexibility index (Phi) is 26.2. The van der Waals surface area contributed by atoms with Gasteiger partial charge in [0.1, 0.15) is 11.6 Å². The Labute approximate surface area is 367 Å². The molecule has 362 valence electrons. The molecule has 0 saturated heterocycles. The molecule has 64 heavy (non-hydrogen) atoms. The highest BCUT2D eigenvalue weighted by atomic mass is 16.5. The fraction of sp³-hybridized carbons (Fsp3) is 0.675. The molecule has 24 nitrogen and oxygen atoms in total. The zero-order valence-electron chi connectivity index (χ0n) is 36.6. The van der Waals surface area contributed by atoms with E-state index in [0.717, 1.165) is 11.9 Å². The second-order valence-electron chi connectivity index (χ2n) is 15.9. The van der Waals surface area contributed by atoms with Gasteiger partial charge in [0.15, 0.2) is 5.60 Å². The Morgan fingerprint density at radius 2 is 0.938 bits per heavy atom. The molecule has 0 aliphatic rings. The van der Waals surface area contributed by atoms with Crippen molar-refractivity contribution in [2.45, 2.75) is 128 Å². The number of carboxylic acid groups (broad SMARTS) is 8. The number of hydrogen-bond donors (Lipinski definition) is 9. The van der Waals surface area contributed by atoms with E-state index in [1.807, 2.05) is 13.8 Å². The molecule has 9 N–H and O–H groups in total. The fourth-order valence-corrected chi connectivity index (χ4v) is 7.25. The van der Waals surface area contributed by atoms with Crippen LogP contribution in [-0.2, 0) is 67.1 Å². The number of ether oxygens (including phenoxy) is 1. The van der Waals surface area contributed by atoms with Crippen molar-refractivity contribution in [1.29, 1.82) is 0 Å². The van der Waals surface area contributed by atoms with Gasteiger partial charge in [-0.1, -0.05) is 27.7 Å². The highest BCUT2D eigenvalue weighted by Gasteiger charge is 2.65. The zero-order valence-corrected chi connectivity index (χ0v) is 36.6. The van der Waals surface area contributed by atoms with Gasteiger partial charge in [-0.2, -0.15) is 0 Å². The van der Waals surface area contributed by atoms with Crippen LogP contribution >= 0.6 is 0 Å². The summed E-state index contributed by atoms with van der Waals surface area (Å²) in [5.41, 5.74) is -8.21. The van der Waals surface area contributed by atoms with Crippen molar-refractivity contribution in [3.8, 4) is 0 Å². The van der Waals surface area contributed by atoms with Gasteiger partial charge in [0.05, 0.1) is 5.41 Å². The summed E-state index contributed by atoms with van der Waals surface area (Å²) in [5.74, 6) is -21.8. The lowest BCUT2D eigenvalue weighted by molar-refractivity contribution is -0.189. The summed E-state index contributed by atoms with van der Waals surface area (Å²) in [5, 5.41) is 79.1. The molecule has 0 aromatic heterocycles. The summed E-state index contributed by atoms with van der Waals surface area (Å²) in [6.45, 7) is 5.15. The van der Waals surface area contributed by atoms with E-state index < -0.39 is 189 Å². The number of likely N-dealkylation sites (N-methyl/N-ethyl adjacent to an activating group) is 2. The third-order valence-electron chi connectivity index (χ3n) is 10.2. The summed E-state index contributed by atoms with van der Waals surface area (Å²) >= 11 is 0. The molecule has 0 heterocycles. The maximum Gasteiger partial charge on any atom is 0.372 e. The van der Waals surface area contributed by atoms with Crippen LogP contribution in [0.5, 0.6) is 0 Å². The van der Waals surface area contributed by atoms with Crippen molar-refractivity contribution in [3.63, 3.8) is 0 Å². The number of nitrogens with one attached hydrogen (secondary N) is 1. The van der Waals surface area contributed by atoms with Crippen LogP contribution in [0.4, 0.5) is 0 Å². The summed E-state index contributed by atoms with van der Waals surface area (Å²) in [7, 11) is 2.64.